The smallest absolute Gasteiger partial charge is 0.165 e. The molecule has 0 radical (unpaired) electrons. The summed E-state index contributed by atoms with van der Waals surface area (Å²) in [6.45, 7) is 7.52. The molecule has 8 heteroatoms. The van der Waals surface area contributed by atoms with Crippen molar-refractivity contribution in [3.63, 3.8) is 0 Å². The lowest BCUT2D eigenvalue weighted by molar-refractivity contribution is -0.0232. The van der Waals surface area contributed by atoms with Gasteiger partial charge in [-0.15, -0.1) is 0 Å². The molecule has 2 atom stereocenters. The van der Waals surface area contributed by atoms with E-state index in [2.05, 4.69) is 25.5 Å². The summed E-state index contributed by atoms with van der Waals surface area (Å²) in [4.78, 5) is 10.7. The topological polar surface area (TPSA) is 90.0 Å². The Hall–Kier alpha value is -2.58. The molecule has 3 aromatic heterocycles. The van der Waals surface area contributed by atoms with Crippen LogP contribution in [0.2, 0.25) is 0 Å². The van der Waals surface area contributed by atoms with E-state index in [4.69, 9.17) is 0 Å². The fraction of sp³-hybridized carbons (Fsp3) is 0.450. The number of nitrogens with one attached hydrogen (secondary N) is 2. The molecule has 1 aliphatic heterocycles. The molecule has 3 aromatic rings. The molecular formula is C20H25FN6O. The van der Waals surface area contributed by atoms with E-state index in [9.17, 15) is 9.50 Å². The maximum absolute atomic E-state index is 14.7. The number of rotatable bonds is 4. The monoisotopic (exact) mass is 384 g/mol. The van der Waals surface area contributed by atoms with Crippen LogP contribution in [0.5, 0.6) is 0 Å². The van der Waals surface area contributed by atoms with E-state index < -0.39 is 5.60 Å². The Morgan fingerprint density at radius 2 is 2.14 bits per heavy atom. The average Bonchev–Trinajstić information content (AvgIpc) is 3.12. The molecule has 1 fully saturated rings. The zero-order valence-electron chi connectivity index (χ0n) is 16.3. The number of aromatic nitrogens is 4. The lowest BCUT2D eigenvalue weighted by Crippen LogP contribution is -2.62. The van der Waals surface area contributed by atoms with E-state index in [1.54, 1.807) is 12.3 Å². The number of aliphatic hydroxyl groups is 1. The number of hydrogen-bond donors (Lipinski definition) is 3. The molecule has 0 aliphatic carbocycles. The lowest BCUT2D eigenvalue weighted by atomic mass is 9.84. The molecule has 3 N–H and O–H groups in total. The maximum Gasteiger partial charge on any atom is 0.165 e. The molecule has 4 rings (SSSR count). The number of halogens is 1. The normalized spacial score (nSPS) is 19.9. The van der Waals surface area contributed by atoms with Gasteiger partial charge in [-0.05, 0) is 37.1 Å². The summed E-state index contributed by atoms with van der Waals surface area (Å²) in [6.07, 6.45) is 1.69. The molecule has 28 heavy (non-hydrogen) atoms. The van der Waals surface area contributed by atoms with Gasteiger partial charge in [-0.1, -0.05) is 13.8 Å². The van der Waals surface area contributed by atoms with Gasteiger partial charge in [-0.3, -0.25) is 5.10 Å². The zero-order chi connectivity index (χ0) is 19.9. The first kappa shape index (κ1) is 18.8. The number of nitrogens with zero attached hydrogens (tertiary/aromatic N) is 4. The van der Waals surface area contributed by atoms with Crippen molar-refractivity contribution in [3.8, 4) is 11.4 Å². The number of pyridine rings is 2. The Balaban J connectivity index is 1.68. The molecule has 1 saturated heterocycles. The van der Waals surface area contributed by atoms with Crippen molar-refractivity contribution in [2.45, 2.75) is 32.4 Å². The summed E-state index contributed by atoms with van der Waals surface area (Å²) in [7, 11) is 0. The molecule has 0 bridgehead atoms. The van der Waals surface area contributed by atoms with E-state index in [0.717, 1.165) is 5.39 Å². The van der Waals surface area contributed by atoms with Crippen LogP contribution in [0.1, 0.15) is 20.8 Å². The van der Waals surface area contributed by atoms with Gasteiger partial charge < -0.3 is 15.3 Å². The van der Waals surface area contributed by atoms with Crippen LogP contribution in [-0.4, -0.2) is 56.5 Å². The third-order valence-corrected chi connectivity index (χ3v) is 5.76. The fourth-order valence-electron chi connectivity index (χ4n) is 3.57. The van der Waals surface area contributed by atoms with Gasteiger partial charge in [0.15, 0.2) is 17.3 Å². The van der Waals surface area contributed by atoms with Crippen LogP contribution in [0.25, 0.3) is 22.4 Å². The van der Waals surface area contributed by atoms with Crippen LogP contribution in [0.4, 0.5) is 10.2 Å². The summed E-state index contributed by atoms with van der Waals surface area (Å²) in [5, 5.41) is 22.3. The maximum atomic E-state index is 14.7. The van der Waals surface area contributed by atoms with Gasteiger partial charge in [-0.25, -0.2) is 14.4 Å². The Kier molecular flexibility index (Phi) is 4.76. The van der Waals surface area contributed by atoms with Crippen LogP contribution in [0.15, 0.2) is 30.5 Å². The predicted octanol–water partition coefficient (Wildman–Crippen LogP) is 2.34. The van der Waals surface area contributed by atoms with E-state index >= 15 is 0 Å². The highest BCUT2D eigenvalue weighted by Crippen LogP contribution is 2.29. The standard InChI is InChI=1S/C20H25FN6O/c1-12(2)20(3,28)16-11-27(10-9-22-16)19-14(21)6-7-15(24-19)17-13-5-4-8-23-18(13)26-25-17/h4-8,12,16,22,28H,9-11H2,1-3H3,(H,23,25,26). The van der Waals surface area contributed by atoms with E-state index in [1.807, 2.05) is 37.8 Å². The second kappa shape index (κ2) is 7.10. The summed E-state index contributed by atoms with van der Waals surface area (Å²) >= 11 is 0. The van der Waals surface area contributed by atoms with Crippen molar-refractivity contribution < 1.29 is 9.50 Å². The highest BCUT2D eigenvalue weighted by Gasteiger charge is 2.38. The van der Waals surface area contributed by atoms with Crippen LogP contribution >= 0.6 is 0 Å². The van der Waals surface area contributed by atoms with E-state index in [1.165, 1.54) is 6.07 Å². The minimum Gasteiger partial charge on any atom is -0.388 e. The minimum atomic E-state index is -0.906. The molecule has 2 unspecified atom stereocenters. The van der Waals surface area contributed by atoms with Crippen molar-refractivity contribution in [1.82, 2.24) is 25.5 Å². The van der Waals surface area contributed by atoms with Crippen molar-refractivity contribution in [2.24, 2.45) is 5.92 Å². The minimum absolute atomic E-state index is 0.0667. The lowest BCUT2D eigenvalue weighted by Gasteiger charge is -2.43. The Labute approximate surface area is 163 Å². The second-order valence-electron chi connectivity index (χ2n) is 7.81. The van der Waals surface area contributed by atoms with Gasteiger partial charge >= 0.3 is 0 Å². The summed E-state index contributed by atoms with van der Waals surface area (Å²) < 4.78 is 14.7. The number of piperazine rings is 1. The van der Waals surface area contributed by atoms with Gasteiger partial charge in [0.1, 0.15) is 5.69 Å². The molecular weight excluding hydrogens is 359 g/mol. The summed E-state index contributed by atoms with van der Waals surface area (Å²) in [5.41, 5.74) is 0.989. The Bertz CT molecular complexity index is 986. The van der Waals surface area contributed by atoms with Crippen molar-refractivity contribution >= 4 is 16.9 Å². The predicted molar refractivity (Wildman–Crippen MR) is 107 cm³/mol. The quantitative estimate of drug-likeness (QED) is 0.640. The van der Waals surface area contributed by atoms with Crippen LogP contribution in [0, 0.1) is 11.7 Å². The van der Waals surface area contributed by atoms with Crippen LogP contribution < -0.4 is 10.2 Å². The van der Waals surface area contributed by atoms with Crippen molar-refractivity contribution in [1.29, 1.82) is 0 Å². The SMILES string of the molecule is CC(C)C(C)(O)C1CN(c2nc(-c3n[nH]c4ncccc34)ccc2F)CCN1. The molecule has 0 saturated carbocycles. The van der Waals surface area contributed by atoms with Crippen LogP contribution in [-0.2, 0) is 0 Å². The fourth-order valence-corrected chi connectivity index (χ4v) is 3.57. The molecule has 4 heterocycles. The van der Waals surface area contributed by atoms with Gasteiger partial charge in [0.05, 0.1) is 17.3 Å². The first-order chi connectivity index (χ1) is 13.4. The van der Waals surface area contributed by atoms with Gasteiger partial charge in [-0.2, -0.15) is 5.10 Å². The third-order valence-electron chi connectivity index (χ3n) is 5.76. The Morgan fingerprint density at radius 1 is 1.32 bits per heavy atom. The molecule has 0 spiro atoms. The molecule has 0 aromatic carbocycles. The summed E-state index contributed by atoms with van der Waals surface area (Å²) in [6, 6.07) is 6.62. The number of hydrogen-bond acceptors (Lipinski definition) is 6. The highest BCUT2D eigenvalue weighted by molar-refractivity contribution is 5.89. The number of aromatic amines is 1. The largest absolute Gasteiger partial charge is 0.388 e. The molecule has 7 nitrogen and oxygen atoms in total. The average molecular weight is 384 g/mol. The van der Waals surface area contributed by atoms with Gasteiger partial charge in [0.25, 0.3) is 0 Å². The molecule has 1 aliphatic rings. The Morgan fingerprint density at radius 3 is 2.93 bits per heavy atom. The first-order valence-electron chi connectivity index (χ1n) is 9.54. The number of H-pyrrole nitrogens is 1. The molecule has 0 amide bonds. The zero-order valence-corrected chi connectivity index (χ0v) is 16.3. The van der Waals surface area contributed by atoms with Gasteiger partial charge in [0.2, 0.25) is 0 Å². The first-order valence-corrected chi connectivity index (χ1v) is 9.54. The number of anilines is 1. The van der Waals surface area contributed by atoms with Crippen molar-refractivity contribution in [3.05, 3.63) is 36.3 Å². The van der Waals surface area contributed by atoms with E-state index in [0.29, 0.717) is 36.7 Å². The van der Waals surface area contributed by atoms with Crippen molar-refractivity contribution in [2.75, 3.05) is 24.5 Å². The highest BCUT2D eigenvalue weighted by atomic mass is 19.1. The third kappa shape index (κ3) is 3.22. The molecule has 148 valence electrons. The van der Waals surface area contributed by atoms with Gasteiger partial charge in [0, 0.05) is 31.2 Å². The number of fused-ring (bicyclic) bond motifs is 1. The van der Waals surface area contributed by atoms with Crippen LogP contribution in [0.3, 0.4) is 0 Å². The van der Waals surface area contributed by atoms with E-state index in [-0.39, 0.29) is 23.6 Å². The summed E-state index contributed by atoms with van der Waals surface area (Å²) in [5.74, 6) is -0.0350. The second-order valence-corrected chi connectivity index (χ2v) is 7.81.